The third-order valence-electron chi connectivity index (χ3n) is 2.73. The number of halogens is 1. The molecule has 0 unspecified atom stereocenters. The summed E-state index contributed by atoms with van der Waals surface area (Å²) in [6.45, 7) is 5.12. The van der Waals surface area contributed by atoms with Gasteiger partial charge in [-0.05, 0) is 6.92 Å². The summed E-state index contributed by atoms with van der Waals surface area (Å²) in [6.07, 6.45) is 0. The minimum absolute atomic E-state index is 0.253. The van der Waals surface area contributed by atoms with E-state index in [1.54, 1.807) is 6.07 Å². The third-order valence-corrected chi connectivity index (χ3v) is 2.73. The van der Waals surface area contributed by atoms with E-state index in [0.29, 0.717) is 25.5 Å². The Morgan fingerprint density at radius 2 is 2.12 bits per heavy atom. The molecule has 1 aromatic carbocycles. The van der Waals surface area contributed by atoms with Crippen molar-refractivity contribution in [1.82, 2.24) is 0 Å². The average molecular weight is 240 g/mol. The van der Waals surface area contributed by atoms with E-state index >= 15 is 0 Å². The lowest BCUT2D eigenvalue weighted by molar-refractivity contribution is 0.122. The zero-order valence-electron chi connectivity index (χ0n) is 9.91. The SMILES string of the molecule is CCOc1cc(N2CCOCC2)c(N)cc1F. The molecule has 1 aliphatic heterocycles. The molecule has 0 aromatic heterocycles. The van der Waals surface area contributed by atoms with Crippen molar-refractivity contribution >= 4 is 11.4 Å². The maximum Gasteiger partial charge on any atom is 0.167 e. The number of benzene rings is 1. The summed E-state index contributed by atoms with van der Waals surface area (Å²) in [6, 6.07) is 2.98. The van der Waals surface area contributed by atoms with E-state index in [-0.39, 0.29) is 5.75 Å². The monoisotopic (exact) mass is 240 g/mol. The van der Waals surface area contributed by atoms with Crippen LogP contribution in [0, 0.1) is 5.82 Å². The van der Waals surface area contributed by atoms with Crippen molar-refractivity contribution in [3.63, 3.8) is 0 Å². The van der Waals surface area contributed by atoms with Gasteiger partial charge in [0.25, 0.3) is 0 Å². The second kappa shape index (κ2) is 5.23. The largest absolute Gasteiger partial charge is 0.491 e. The molecule has 1 heterocycles. The fourth-order valence-electron chi connectivity index (χ4n) is 1.90. The maximum atomic E-state index is 13.5. The molecule has 17 heavy (non-hydrogen) atoms. The molecule has 1 aliphatic rings. The molecule has 1 aromatic rings. The molecule has 0 aliphatic carbocycles. The highest BCUT2D eigenvalue weighted by Crippen LogP contribution is 2.31. The lowest BCUT2D eigenvalue weighted by atomic mass is 10.2. The van der Waals surface area contributed by atoms with E-state index in [1.165, 1.54) is 6.07 Å². The summed E-state index contributed by atoms with van der Waals surface area (Å²) in [4.78, 5) is 2.08. The van der Waals surface area contributed by atoms with Crippen LogP contribution in [-0.4, -0.2) is 32.9 Å². The fraction of sp³-hybridized carbons (Fsp3) is 0.500. The number of nitrogens with two attached hydrogens (primary N) is 1. The van der Waals surface area contributed by atoms with Crippen molar-refractivity contribution in [1.29, 1.82) is 0 Å². The Bertz CT molecular complexity index is 392. The molecular formula is C12H17FN2O2. The molecule has 1 saturated heterocycles. The highest BCUT2D eigenvalue weighted by atomic mass is 19.1. The molecular weight excluding hydrogens is 223 g/mol. The number of morpholine rings is 1. The quantitative estimate of drug-likeness (QED) is 0.816. The number of nitrogen functional groups attached to an aromatic ring is 1. The fourth-order valence-corrected chi connectivity index (χ4v) is 1.90. The number of ether oxygens (including phenoxy) is 2. The van der Waals surface area contributed by atoms with Crippen LogP contribution in [0.3, 0.4) is 0 Å². The Labute approximate surface area is 100 Å². The minimum Gasteiger partial charge on any atom is -0.491 e. The third kappa shape index (κ3) is 2.61. The number of hydrogen-bond donors (Lipinski definition) is 1. The number of hydrogen-bond acceptors (Lipinski definition) is 4. The van der Waals surface area contributed by atoms with E-state index in [0.717, 1.165) is 18.8 Å². The van der Waals surface area contributed by atoms with E-state index < -0.39 is 5.82 Å². The Hall–Kier alpha value is -1.49. The molecule has 0 atom stereocenters. The van der Waals surface area contributed by atoms with Gasteiger partial charge in [0.05, 0.1) is 31.2 Å². The molecule has 2 rings (SSSR count). The predicted octanol–water partition coefficient (Wildman–Crippen LogP) is 1.64. The highest BCUT2D eigenvalue weighted by molar-refractivity contribution is 5.70. The van der Waals surface area contributed by atoms with Gasteiger partial charge in [0.15, 0.2) is 11.6 Å². The van der Waals surface area contributed by atoms with Crippen LogP contribution in [-0.2, 0) is 4.74 Å². The van der Waals surface area contributed by atoms with Crippen molar-refractivity contribution in [2.45, 2.75) is 6.92 Å². The van der Waals surface area contributed by atoms with Crippen molar-refractivity contribution in [3.8, 4) is 5.75 Å². The first-order valence-electron chi connectivity index (χ1n) is 5.77. The zero-order chi connectivity index (χ0) is 12.3. The van der Waals surface area contributed by atoms with Gasteiger partial charge >= 0.3 is 0 Å². The summed E-state index contributed by atoms with van der Waals surface area (Å²) in [5.41, 5.74) is 7.09. The summed E-state index contributed by atoms with van der Waals surface area (Å²) in [7, 11) is 0. The summed E-state index contributed by atoms with van der Waals surface area (Å²) in [5.74, 6) is -0.162. The highest BCUT2D eigenvalue weighted by Gasteiger charge is 2.16. The molecule has 1 fully saturated rings. The van der Waals surface area contributed by atoms with Gasteiger partial charge in [-0.2, -0.15) is 0 Å². The summed E-state index contributed by atoms with van der Waals surface area (Å²) < 4.78 is 24.0. The molecule has 94 valence electrons. The van der Waals surface area contributed by atoms with Gasteiger partial charge in [0.2, 0.25) is 0 Å². The van der Waals surface area contributed by atoms with Crippen LogP contribution >= 0.6 is 0 Å². The number of nitrogens with zero attached hydrogens (tertiary/aromatic N) is 1. The summed E-state index contributed by atoms with van der Waals surface area (Å²) >= 11 is 0. The first-order chi connectivity index (χ1) is 8.22. The molecule has 5 heteroatoms. The molecule has 0 spiro atoms. The Balaban J connectivity index is 2.28. The van der Waals surface area contributed by atoms with Crippen LogP contribution in [0.5, 0.6) is 5.75 Å². The van der Waals surface area contributed by atoms with E-state index in [1.807, 2.05) is 6.92 Å². The van der Waals surface area contributed by atoms with Gasteiger partial charge in [0.1, 0.15) is 0 Å². The van der Waals surface area contributed by atoms with Crippen molar-refractivity contribution in [3.05, 3.63) is 17.9 Å². The van der Waals surface area contributed by atoms with Crippen molar-refractivity contribution < 1.29 is 13.9 Å². The van der Waals surface area contributed by atoms with Crippen LogP contribution in [0.2, 0.25) is 0 Å². The normalized spacial score (nSPS) is 16.0. The minimum atomic E-state index is -0.415. The predicted molar refractivity (Wildman–Crippen MR) is 65.0 cm³/mol. The van der Waals surface area contributed by atoms with E-state index in [4.69, 9.17) is 15.2 Å². The van der Waals surface area contributed by atoms with E-state index in [9.17, 15) is 4.39 Å². The first-order valence-corrected chi connectivity index (χ1v) is 5.77. The Kier molecular flexibility index (Phi) is 3.68. The molecule has 0 saturated carbocycles. The lowest BCUT2D eigenvalue weighted by Gasteiger charge is -2.30. The molecule has 2 N–H and O–H groups in total. The van der Waals surface area contributed by atoms with Crippen LogP contribution in [0.25, 0.3) is 0 Å². The lowest BCUT2D eigenvalue weighted by Crippen LogP contribution is -2.36. The van der Waals surface area contributed by atoms with Gasteiger partial charge in [-0.3, -0.25) is 0 Å². The smallest absolute Gasteiger partial charge is 0.167 e. The maximum absolute atomic E-state index is 13.5. The standard InChI is InChI=1S/C12H17FN2O2/c1-2-17-12-8-11(10(14)7-9(12)13)15-3-5-16-6-4-15/h7-8H,2-6,14H2,1H3. The molecule has 0 bridgehead atoms. The van der Waals surface area contributed by atoms with Gasteiger partial charge in [-0.15, -0.1) is 0 Å². The zero-order valence-corrected chi connectivity index (χ0v) is 9.91. The van der Waals surface area contributed by atoms with Gasteiger partial charge in [-0.1, -0.05) is 0 Å². The second-order valence-corrected chi connectivity index (χ2v) is 3.87. The molecule has 0 radical (unpaired) electrons. The van der Waals surface area contributed by atoms with Gasteiger partial charge in [0, 0.05) is 25.2 Å². The first kappa shape index (κ1) is 12.0. The van der Waals surface area contributed by atoms with Crippen LogP contribution in [0.15, 0.2) is 12.1 Å². The van der Waals surface area contributed by atoms with Crippen molar-refractivity contribution in [2.24, 2.45) is 0 Å². The second-order valence-electron chi connectivity index (χ2n) is 3.87. The molecule has 0 amide bonds. The van der Waals surface area contributed by atoms with E-state index in [2.05, 4.69) is 4.90 Å². The Morgan fingerprint density at radius 1 is 1.41 bits per heavy atom. The summed E-state index contributed by atoms with van der Waals surface area (Å²) in [5, 5.41) is 0. The van der Waals surface area contributed by atoms with Crippen LogP contribution < -0.4 is 15.4 Å². The average Bonchev–Trinajstić information content (AvgIpc) is 2.34. The molecule has 4 nitrogen and oxygen atoms in total. The Morgan fingerprint density at radius 3 is 2.76 bits per heavy atom. The number of rotatable bonds is 3. The van der Waals surface area contributed by atoms with Crippen LogP contribution in [0.1, 0.15) is 6.92 Å². The number of anilines is 2. The van der Waals surface area contributed by atoms with Gasteiger partial charge < -0.3 is 20.1 Å². The van der Waals surface area contributed by atoms with Crippen molar-refractivity contribution in [2.75, 3.05) is 43.5 Å². The van der Waals surface area contributed by atoms with Crippen LogP contribution in [0.4, 0.5) is 15.8 Å². The topological polar surface area (TPSA) is 47.7 Å². The van der Waals surface area contributed by atoms with Gasteiger partial charge in [-0.25, -0.2) is 4.39 Å².